The molecule has 1 unspecified atom stereocenters. The number of hydrogen-bond donors (Lipinski definition) is 2. The van der Waals surface area contributed by atoms with Crippen LogP contribution in [-0.4, -0.2) is 20.6 Å². The van der Waals surface area contributed by atoms with Gasteiger partial charge in [-0.1, -0.05) is 31.5 Å². The Morgan fingerprint density at radius 2 is 2.00 bits per heavy atom. The minimum atomic E-state index is -1.02. The molecule has 23 heavy (non-hydrogen) atoms. The van der Waals surface area contributed by atoms with E-state index in [1.807, 2.05) is 6.92 Å². The van der Waals surface area contributed by atoms with Gasteiger partial charge in [0.05, 0.1) is 5.56 Å². The molecule has 2 aromatic rings. The van der Waals surface area contributed by atoms with Crippen LogP contribution < -0.4 is 11.2 Å². The van der Waals surface area contributed by atoms with E-state index in [-0.39, 0.29) is 12.1 Å². The van der Waals surface area contributed by atoms with Crippen LogP contribution in [0.25, 0.3) is 0 Å². The van der Waals surface area contributed by atoms with Crippen molar-refractivity contribution in [3.05, 3.63) is 61.8 Å². The van der Waals surface area contributed by atoms with E-state index < -0.39 is 29.2 Å². The lowest BCUT2D eigenvalue weighted by Crippen LogP contribution is -2.33. The summed E-state index contributed by atoms with van der Waals surface area (Å²) < 4.78 is 6.34. The summed E-state index contributed by atoms with van der Waals surface area (Å²) in [6, 6.07) is 6.65. The van der Waals surface area contributed by atoms with E-state index in [2.05, 4.69) is 4.98 Å². The van der Waals surface area contributed by atoms with Crippen LogP contribution in [0.5, 0.6) is 5.88 Å². The zero-order chi connectivity index (χ0) is 16.6. The first-order valence-electron chi connectivity index (χ1n) is 7.40. The van der Waals surface area contributed by atoms with E-state index in [4.69, 9.17) is 4.74 Å². The van der Waals surface area contributed by atoms with Crippen LogP contribution in [0, 0.1) is 0 Å². The minimum absolute atomic E-state index is 0.126. The number of unbranched alkanes of at least 4 members (excludes halogenated alkanes) is 1. The number of ether oxygens (including phenoxy) is 1. The standard InChI is InChI=1S/C16H16N2O5/c1-2-3-8-18-14(20)11(13(19)17-16(18)22)12-9-6-4-5-7-10(9)15(21)23-12/h4-7,12,20H,2-3,8H2,1H3,(H,17,19,22). The third-order valence-electron chi connectivity index (χ3n) is 3.89. The summed E-state index contributed by atoms with van der Waals surface area (Å²) in [6.07, 6.45) is 0.470. The lowest BCUT2D eigenvalue weighted by molar-refractivity contribution is 0.0448. The van der Waals surface area contributed by atoms with Gasteiger partial charge in [0.2, 0.25) is 5.88 Å². The van der Waals surface area contributed by atoms with Gasteiger partial charge in [-0.15, -0.1) is 0 Å². The molecule has 1 aliphatic rings. The molecule has 2 N–H and O–H groups in total. The number of cyclic esters (lactones) is 1. The molecule has 0 saturated heterocycles. The Balaban J connectivity index is 2.16. The average molecular weight is 316 g/mol. The van der Waals surface area contributed by atoms with Crippen molar-refractivity contribution in [1.29, 1.82) is 0 Å². The summed E-state index contributed by atoms with van der Waals surface area (Å²) in [5.41, 5.74) is -0.710. The second-order valence-electron chi connectivity index (χ2n) is 5.37. The quantitative estimate of drug-likeness (QED) is 0.828. The summed E-state index contributed by atoms with van der Waals surface area (Å²) in [7, 11) is 0. The fourth-order valence-electron chi connectivity index (χ4n) is 2.70. The van der Waals surface area contributed by atoms with Crippen molar-refractivity contribution in [2.75, 3.05) is 0 Å². The molecule has 7 nitrogen and oxygen atoms in total. The number of aromatic amines is 1. The van der Waals surface area contributed by atoms with E-state index in [1.54, 1.807) is 24.3 Å². The monoisotopic (exact) mass is 316 g/mol. The Bertz CT molecular complexity index is 881. The second kappa shape index (κ2) is 5.75. The number of nitrogens with one attached hydrogen (secondary N) is 1. The first kappa shape index (κ1) is 15.1. The molecule has 120 valence electrons. The summed E-state index contributed by atoms with van der Waals surface area (Å²) in [4.78, 5) is 38.1. The van der Waals surface area contributed by atoms with Gasteiger partial charge in [-0.05, 0) is 12.5 Å². The molecule has 0 fully saturated rings. The number of aromatic nitrogens is 2. The third-order valence-corrected chi connectivity index (χ3v) is 3.89. The van der Waals surface area contributed by atoms with Crippen LogP contribution >= 0.6 is 0 Å². The van der Waals surface area contributed by atoms with Gasteiger partial charge in [-0.3, -0.25) is 14.3 Å². The molecule has 0 radical (unpaired) electrons. The van der Waals surface area contributed by atoms with Gasteiger partial charge in [0, 0.05) is 12.1 Å². The van der Waals surface area contributed by atoms with Crippen molar-refractivity contribution in [1.82, 2.24) is 9.55 Å². The van der Waals surface area contributed by atoms with Gasteiger partial charge < -0.3 is 9.84 Å². The van der Waals surface area contributed by atoms with Gasteiger partial charge in [-0.25, -0.2) is 9.59 Å². The van der Waals surface area contributed by atoms with Crippen LogP contribution in [-0.2, 0) is 11.3 Å². The molecule has 1 atom stereocenters. The maximum Gasteiger partial charge on any atom is 0.339 e. The Labute approximate surface area is 131 Å². The zero-order valence-corrected chi connectivity index (χ0v) is 12.5. The first-order valence-corrected chi connectivity index (χ1v) is 7.40. The van der Waals surface area contributed by atoms with Gasteiger partial charge in [0.25, 0.3) is 5.56 Å². The third kappa shape index (κ3) is 2.44. The normalized spacial score (nSPS) is 16.2. The Morgan fingerprint density at radius 1 is 1.26 bits per heavy atom. The van der Waals surface area contributed by atoms with E-state index in [0.717, 1.165) is 11.0 Å². The van der Waals surface area contributed by atoms with Crippen molar-refractivity contribution < 1.29 is 14.6 Å². The SMILES string of the molecule is CCCCn1c(O)c(C2OC(=O)c3ccccc32)c(=O)[nH]c1=O. The van der Waals surface area contributed by atoms with Gasteiger partial charge in [-0.2, -0.15) is 0 Å². The van der Waals surface area contributed by atoms with Gasteiger partial charge >= 0.3 is 11.7 Å². The van der Waals surface area contributed by atoms with Crippen molar-refractivity contribution in [3.8, 4) is 5.88 Å². The number of carbonyl (C=O) groups excluding carboxylic acids is 1. The lowest BCUT2D eigenvalue weighted by atomic mass is 10.0. The topological polar surface area (TPSA) is 101 Å². The first-order chi connectivity index (χ1) is 11.0. The Kier molecular flexibility index (Phi) is 3.77. The molecule has 1 aliphatic heterocycles. The summed E-state index contributed by atoms with van der Waals surface area (Å²) in [6.45, 7) is 2.22. The smallest absolute Gasteiger partial charge is 0.339 e. The molecule has 0 spiro atoms. The van der Waals surface area contributed by atoms with Crippen molar-refractivity contribution >= 4 is 5.97 Å². The molecule has 0 amide bonds. The van der Waals surface area contributed by atoms with Crippen molar-refractivity contribution in [3.63, 3.8) is 0 Å². The highest BCUT2D eigenvalue weighted by Gasteiger charge is 2.36. The number of rotatable bonds is 4. The number of benzene rings is 1. The fourth-order valence-corrected chi connectivity index (χ4v) is 2.70. The number of aromatic hydroxyl groups is 1. The predicted octanol–water partition coefficient (Wildman–Crippen LogP) is 1.30. The largest absolute Gasteiger partial charge is 0.494 e. The number of esters is 1. The molecular formula is C16H16N2O5. The van der Waals surface area contributed by atoms with Gasteiger partial charge in [0.1, 0.15) is 5.56 Å². The van der Waals surface area contributed by atoms with Crippen LogP contribution in [0.4, 0.5) is 0 Å². The highest BCUT2D eigenvalue weighted by atomic mass is 16.5. The maximum atomic E-state index is 12.2. The van der Waals surface area contributed by atoms with Crippen LogP contribution in [0.2, 0.25) is 0 Å². The fraction of sp³-hybridized carbons (Fsp3) is 0.312. The van der Waals surface area contributed by atoms with Crippen molar-refractivity contribution in [2.45, 2.75) is 32.4 Å². The molecule has 3 rings (SSSR count). The van der Waals surface area contributed by atoms with Crippen LogP contribution in [0.1, 0.15) is 47.4 Å². The number of H-pyrrole nitrogens is 1. The molecule has 7 heteroatoms. The number of hydrogen-bond acceptors (Lipinski definition) is 5. The minimum Gasteiger partial charge on any atom is -0.494 e. The molecular weight excluding hydrogens is 300 g/mol. The molecule has 0 aliphatic carbocycles. The van der Waals surface area contributed by atoms with Crippen molar-refractivity contribution in [2.24, 2.45) is 0 Å². The molecule has 0 bridgehead atoms. The van der Waals surface area contributed by atoms with Crippen LogP contribution in [0.15, 0.2) is 33.9 Å². The lowest BCUT2D eigenvalue weighted by Gasteiger charge is -2.15. The zero-order valence-electron chi connectivity index (χ0n) is 12.5. The Hall–Kier alpha value is -2.83. The maximum absolute atomic E-state index is 12.2. The number of fused-ring (bicyclic) bond motifs is 1. The average Bonchev–Trinajstić information content (AvgIpc) is 2.84. The summed E-state index contributed by atoms with van der Waals surface area (Å²) in [5.74, 6) is -1.02. The highest BCUT2D eigenvalue weighted by molar-refractivity contribution is 5.94. The highest BCUT2D eigenvalue weighted by Crippen LogP contribution is 2.36. The number of carbonyl (C=O) groups is 1. The number of nitrogens with zero attached hydrogens (tertiary/aromatic N) is 1. The van der Waals surface area contributed by atoms with E-state index in [0.29, 0.717) is 17.5 Å². The molecule has 0 saturated carbocycles. The van der Waals surface area contributed by atoms with E-state index in [1.165, 1.54) is 0 Å². The molecule has 1 aromatic carbocycles. The molecule has 2 heterocycles. The summed E-state index contributed by atoms with van der Waals surface area (Å²) >= 11 is 0. The van der Waals surface area contributed by atoms with Crippen LogP contribution in [0.3, 0.4) is 0 Å². The molecule has 1 aromatic heterocycles. The Morgan fingerprint density at radius 3 is 2.74 bits per heavy atom. The van der Waals surface area contributed by atoms with E-state index in [9.17, 15) is 19.5 Å². The second-order valence-corrected chi connectivity index (χ2v) is 5.37. The van der Waals surface area contributed by atoms with Gasteiger partial charge in [0.15, 0.2) is 6.10 Å². The predicted molar refractivity (Wildman–Crippen MR) is 81.6 cm³/mol. The van der Waals surface area contributed by atoms with E-state index >= 15 is 0 Å². The summed E-state index contributed by atoms with van der Waals surface area (Å²) in [5, 5.41) is 10.4.